The van der Waals surface area contributed by atoms with E-state index in [1.807, 2.05) is 24.3 Å². The lowest BCUT2D eigenvalue weighted by Crippen LogP contribution is -2.28. The van der Waals surface area contributed by atoms with Crippen LogP contribution in [0.2, 0.25) is 0 Å². The molecule has 13 rings (SSSR count). The zero-order valence-corrected chi connectivity index (χ0v) is 34.8. The van der Waals surface area contributed by atoms with E-state index in [1.54, 1.807) is 0 Å². The van der Waals surface area contributed by atoms with E-state index in [-0.39, 0.29) is 0 Å². The first-order valence-corrected chi connectivity index (χ1v) is 21.9. The molecule has 0 saturated heterocycles. The van der Waals surface area contributed by atoms with Crippen molar-refractivity contribution in [3.8, 4) is 33.4 Å². The minimum atomic E-state index is -0.519. The van der Waals surface area contributed by atoms with E-state index in [0.29, 0.717) is 0 Å². The van der Waals surface area contributed by atoms with Crippen molar-refractivity contribution >= 4 is 60.9 Å². The number of hydrogen-bond donors (Lipinski definition) is 0. The van der Waals surface area contributed by atoms with Crippen molar-refractivity contribution in [3.63, 3.8) is 0 Å². The maximum absolute atomic E-state index is 6.31. The molecule has 10 aromatic carbocycles. The van der Waals surface area contributed by atoms with Crippen LogP contribution in [0.4, 0.5) is 17.1 Å². The lowest BCUT2D eigenvalue weighted by atomic mass is 9.68. The summed E-state index contributed by atoms with van der Waals surface area (Å²) in [7, 11) is 0. The van der Waals surface area contributed by atoms with Crippen molar-refractivity contribution in [3.05, 3.63) is 259 Å². The van der Waals surface area contributed by atoms with Gasteiger partial charge in [-0.2, -0.15) is 0 Å². The molecule has 0 spiro atoms. The first-order valence-electron chi connectivity index (χ1n) is 21.9. The molecule has 0 saturated carbocycles. The summed E-state index contributed by atoms with van der Waals surface area (Å²) >= 11 is 0. The Morgan fingerprint density at radius 3 is 1.30 bits per heavy atom. The maximum atomic E-state index is 6.31. The van der Waals surface area contributed by atoms with Gasteiger partial charge in [-0.1, -0.05) is 170 Å². The van der Waals surface area contributed by atoms with Crippen molar-refractivity contribution in [2.45, 2.75) is 5.41 Å². The van der Waals surface area contributed by atoms with Crippen LogP contribution in [0.1, 0.15) is 22.3 Å². The summed E-state index contributed by atoms with van der Waals surface area (Å²) in [5.41, 5.74) is 18.3. The predicted molar refractivity (Wildman–Crippen MR) is 264 cm³/mol. The maximum Gasteiger partial charge on any atom is 0.136 e. The van der Waals surface area contributed by atoms with Crippen molar-refractivity contribution in [1.82, 2.24) is 0 Å². The molecule has 0 N–H and O–H groups in total. The number of rotatable bonds is 7. The van der Waals surface area contributed by atoms with Crippen molar-refractivity contribution < 1.29 is 8.83 Å². The Hall–Kier alpha value is -8.40. The highest BCUT2D eigenvalue weighted by atomic mass is 16.3. The third-order valence-electron chi connectivity index (χ3n) is 13.4. The molecular weight excluding hydrogens is 779 g/mol. The molecule has 2 heterocycles. The highest BCUT2D eigenvalue weighted by molar-refractivity contribution is 6.07. The zero-order valence-electron chi connectivity index (χ0n) is 34.8. The van der Waals surface area contributed by atoms with Gasteiger partial charge >= 0.3 is 0 Å². The van der Waals surface area contributed by atoms with Gasteiger partial charge in [-0.3, -0.25) is 0 Å². The van der Waals surface area contributed by atoms with E-state index in [0.717, 1.165) is 83.2 Å². The molecule has 0 fully saturated rings. The Kier molecular flexibility index (Phi) is 8.13. The average Bonchev–Trinajstić information content (AvgIpc) is 4.03. The van der Waals surface area contributed by atoms with Crippen molar-refractivity contribution in [1.29, 1.82) is 0 Å². The number of furan rings is 2. The van der Waals surface area contributed by atoms with E-state index >= 15 is 0 Å². The first-order chi connectivity index (χ1) is 31.7. The summed E-state index contributed by atoms with van der Waals surface area (Å²) in [5, 5.41) is 4.53. The molecular formula is C61H39NO2. The summed E-state index contributed by atoms with van der Waals surface area (Å²) in [6.07, 6.45) is 0. The minimum absolute atomic E-state index is 0.519. The fourth-order valence-corrected chi connectivity index (χ4v) is 10.5. The highest BCUT2D eigenvalue weighted by Gasteiger charge is 2.47. The van der Waals surface area contributed by atoms with E-state index in [9.17, 15) is 0 Å². The Morgan fingerprint density at radius 2 is 0.750 bits per heavy atom. The van der Waals surface area contributed by atoms with Gasteiger partial charge < -0.3 is 13.7 Å². The molecule has 64 heavy (non-hydrogen) atoms. The lowest BCUT2D eigenvalue weighted by Gasteiger charge is -2.34. The van der Waals surface area contributed by atoms with E-state index in [2.05, 4.69) is 217 Å². The number of hydrogen-bond acceptors (Lipinski definition) is 3. The Morgan fingerprint density at radius 1 is 0.312 bits per heavy atom. The molecule has 0 bridgehead atoms. The minimum Gasteiger partial charge on any atom is -0.456 e. The number of para-hydroxylation sites is 2. The van der Waals surface area contributed by atoms with Crippen LogP contribution < -0.4 is 4.90 Å². The van der Waals surface area contributed by atoms with Gasteiger partial charge in [0.25, 0.3) is 0 Å². The molecule has 2 aromatic heterocycles. The molecule has 12 aromatic rings. The second kappa shape index (κ2) is 14.3. The summed E-state index contributed by atoms with van der Waals surface area (Å²) in [5.74, 6) is 0. The van der Waals surface area contributed by atoms with E-state index in [4.69, 9.17) is 8.83 Å². The molecule has 300 valence electrons. The average molecular weight is 818 g/mol. The summed E-state index contributed by atoms with van der Waals surface area (Å²) in [6.45, 7) is 0. The summed E-state index contributed by atoms with van der Waals surface area (Å²) in [4.78, 5) is 2.43. The van der Waals surface area contributed by atoms with Crippen LogP contribution >= 0.6 is 0 Å². The van der Waals surface area contributed by atoms with Crippen LogP contribution in [0.5, 0.6) is 0 Å². The van der Waals surface area contributed by atoms with Crippen LogP contribution in [-0.4, -0.2) is 0 Å². The fraction of sp³-hybridized carbons (Fsp3) is 0.0164. The topological polar surface area (TPSA) is 29.5 Å². The van der Waals surface area contributed by atoms with Crippen LogP contribution in [0.25, 0.3) is 77.3 Å². The zero-order chi connectivity index (χ0) is 42.2. The van der Waals surface area contributed by atoms with Gasteiger partial charge in [-0.05, 0) is 117 Å². The number of nitrogens with zero attached hydrogens (tertiary/aromatic N) is 1. The van der Waals surface area contributed by atoms with Gasteiger partial charge in [-0.15, -0.1) is 0 Å². The highest BCUT2D eigenvalue weighted by Crippen LogP contribution is 2.59. The van der Waals surface area contributed by atoms with Gasteiger partial charge in [-0.25, -0.2) is 0 Å². The second-order valence-electron chi connectivity index (χ2n) is 16.8. The van der Waals surface area contributed by atoms with Crippen LogP contribution in [0, 0.1) is 0 Å². The fourth-order valence-electron chi connectivity index (χ4n) is 10.5. The largest absolute Gasteiger partial charge is 0.456 e. The van der Waals surface area contributed by atoms with Crippen LogP contribution in [0.15, 0.2) is 245 Å². The molecule has 0 amide bonds. The normalized spacial score (nSPS) is 12.8. The molecule has 0 atom stereocenters. The Balaban J connectivity index is 0.985. The molecule has 3 heteroatoms. The standard InChI is InChI=1S/C61H39NO2/c1-3-14-44(15-4-1)61(45-16-5-2-6-17-45)53-21-10-7-20-52(53)60-54(61)22-13-23-55(60)62(46-32-26-40(27-33-46)42-30-36-50-48-18-8-11-24-56(48)63-58(50)38-42)47-34-28-41(29-35-47)43-31-37-51-49-19-9-12-25-57(49)64-59(51)39-43/h1-39H. The Bertz CT molecular complexity index is 3520. The van der Waals surface area contributed by atoms with Gasteiger partial charge in [0, 0.05) is 38.5 Å². The number of anilines is 3. The molecule has 0 aliphatic heterocycles. The number of benzene rings is 10. The third kappa shape index (κ3) is 5.47. The summed E-state index contributed by atoms with van der Waals surface area (Å²) < 4.78 is 12.6. The molecule has 1 aliphatic carbocycles. The van der Waals surface area contributed by atoms with Crippen molar-refractivity contribution in [2.24, 2.45) is 0 Å². The van der Waals surface area contributed by atoms with Gasteiger partial charge in [0.05, 0.1) is 11.1 Å². The second-order valence-corrected chi connectivity index (χ2v) is 16.8. The quantitative estimate of drug-likeness (QED) is 0.160. The number of fused-ring (bicyclic) bond motifs is 9. The van der Waals surface area contributed by atoms with Gasteiger partial charge in [0.2, 0.25) is 0 Å². The van der Waals surface area contributed by atoms with Gasteiger partial charge in [0.1, 0.15) is 22.3 Å². The van der Waals surface area contributed by atoms with E-state index < -0.39 is 5.41 Å². The van der Waals surface area contributed by atoms with Crippen LogP contribution in [0.3, 0.4) is 0 Å². The smallest absolute Gasteiger partial charge is 0.136 e. The lowest BCUT2D eigenvalue weighted by molar-refractivity contribution is 0.668. The van der Waals surface area contributed by atoms with Gasteiger partial charge in [0.15, 0.2) is 0 Å². The van der Waals surface area contributed by atoms with E-state index in [1.165, 1.54) is 33.4 Å². The monoisotopic (exact) mass is 817 g/mol. The summed E-state index contributed by atoms with van der Waals surface area (Å²) in [6, 6.07) is 85.4. The molecule has 0 radical (unpaired) electrons. The molecule has 0 unspecified atom stereocenters. The first kappa shape index (κ1) is 36.3. The predicted octanol–water partition coefficient (Wildman–Crippen LogP) is 16.7. The van der Waals surface area contributed by atoms with Crippen LogP contribution in [-0.2, 0) is 5.41 Å². The SMILES string of the molecule is c1ccc(C2(c3ccccc3)c3ccccc3-c3c(N(c4ccc(-c5ccc6c(c5)oc5ccccc56)cc4)c4ccc(-c5ccc6c(c5)oc5ccccc56)cc4)cccc32)cc1. The third-order valence-corrected chi connectivity index (χ3v) is 13.4. The molecule has 3 nitrogen and oxygen atoms in total. The Labute approximate surface area is 370 Å². The van der Waals surface area contributed by atoms with Crippen molar-refractivity contribution in [2.75, 3.05) is 4.90 Å². The molecule has 1 aliphatic rings.